The van der Waals surface area contributed by atoms with E-state index in [4.69, 9.17) is 4.74 Å². The van der Waals surface area contributed by atoms with Gasteiger partial charge < -0.3 is 19.5 Å². The Bertz CT molecular complexity index is 1360. The van der Waals surface area contributed by atoms with Crippen LogP contribution in [0.15, 0.2) is 47.3 Å². The van der Waals surface area contributed by atoms with Gasteiger partial charge in [-0.2, -0.15) is 5.10 Å². The van der Waals surface area contributed by atoms with E-state index in [9.17, 15) is 24.0 Å². The van der Waals surface area contributed by atoms with E-state index in [0.717, 1.165) is 0 Å². The van der Waals surface area contributed by atoms with Gasteiger partial charge in [-0.25, -0.2) is 19.1 Å². The number of methoxy groups -OCH3 is 2. The van der Waals surface area contributed by atoms with Crippen LogP contribution >= 0.6 is 0 Å². The van der Waals surface area contributed by atoms with Crippen LogP contribution in [0.5, 0.6) is 0 Å². The molecule has 1 amide bonds. The van der Waals surface area contributed by atoms with Crippen LogP contribution in [-0.2, 0) is 25.5 Å². The summed E-state index contributed by atoms with van der Waals surface area (Å²) in [4.78, 5) is 61.9. The lowest BCUT2D eigenvalue weighted by molar-refractivity contribution is -0.119. The predicted octanol–water partition coefficient (Wildman–Crippen LogP) is 2.42. The van der Waals surface area contributed by atoms with Gasteiger partial charge in [0.2, 0.25) is 0 Å². The van der Waals surface area contributed by atoms with E-state index in [-0.39, 0.29) is 34.0 Å². The number of aromatic nitrogens is 2. The Labute approximate surface area is 206 Å². The van der Waals surface area contributed by atoms with E-state index >= 15 is 0 Å². The molecular weight excluding hydrogens is 470 g/mol. The minimum atomic E-state index is -0.891. The molecule has 1 heterocycles. The number of benzene rings is 2. The number of hydrogen-bond donors (Lipinski definition) is 1. The smallest absolute Gasteiger partial charge is 0.359 e. The normalized spacial score (nSPS) is 10.7. The zero-order valence-electron chi connectivity index (χ0n) is 20.2. The van der Waals surface area contributed by atoms with Crippen LogP contribution in [0.1, 0.15) is 45.1 Å². The van der Waals surface area contributed by atoms with Crippen molar-refractivity contribution in [3.8, 4) is 0 Å². The van der Waals surface area contributed by atoms with E-state index in [2.05, 4.69) is 19.9 Å². The lowest BCUT2D eigenvalue weighted by Gasteiger charge is -2.12. The van der Waals surface area contributed by atoms with Crippen LogP contribution in [0, 0.1) is 5.92 Å². The number of ether oxygens (including phenoxy) is 3. The molecule has 0 atom stereocenters. The topological polar surface area (TPSA) is 143 Å². The summed E-state index contributed by atoms with van der Waals surface area (Å²) in [7, 11) is 2.35. The standard InChI is InChI=1S/C25H25N3O8/c1-14(2)12-28-22(30)19-8-6-5-7-18(19)21(27-28)25(33)36-13-20(29)26-17-10-15(23(31)34-3)9-16(11-17)24(32)35-4/h5-11,14H,12-13H2,1-4H3,(H,26,29). The number of fused-ring (bicyclic) bond motifs is 1. The van der Waals surface area contributed by atoms with Gasteiger partial charge in [-0.15, -0.1) is 0 Å². The maximum absolute atomic E-state index is 12.8. The van der Waals surface area contributed by atoms with Crippen LogP contribution in [-0.4, -0.2) is 54.4 Å². The fourth-order valence-corrected chi connectivity index (χ4v) is 3.42. The highest BCUT2D eigenvalue weighted by Gasteiger charge is 2.20. The first-order valence-electron chi connectivity index (χ1n) is 10.9. The SMILES string of the molecule is COC(=O)c1cc(NC(=O)COC(=O)c2nn(CC(C)C)c(=O)c3ccccc23)cc(C(=O)OC)c1. The number of esters is 3. The van der Waals surface area contributed by atoms with Gasteiger partial charge in [0.15, 0.2) is 12.3 Å². The van der Waals surface area contributed by atoms with Crippen molar-refractivity contribution in [2.45, 2.75) is 20.4 Å². The molecule has 0 aliphatic carbocycles. The Morgan fingerprint density at radius 3 is 2.06 bits per heavy atom. The zero-order valence-corrected chi connectivity index (χ0v) is 20.2. The van der Waals surface area contributed by atoms with E-state index < -0.39 is 30.4 Å². The van der Waals surface area contributed by atoms with Crippen molar-refractivity contribution in [1.82, 2.24) is 9.78 Å². The molecule has 0 bridgehead atoms. The summed E-state index contributed by atoms with van der Waals surface area (Å²) >= 11 is 0. The second kappa shape index (κ2) is 11.3. The van der Waals surface area contributed by atoms with Crippen molar-refractivity contribution in [3.63, 3.8) is 0 Å². The van der Waals surface area contributed by atoms with Crippen LogP contribution in [0.2, 0.25) is 0 Å². The largest absolute Gasteiger partial charge is 0.465 e. The Kier molecular flexibility index (Phi) is 8.15. The van der Waals surface area contributed by atoms with Gasteiger partial charge in [-0.05, 0) is 30.2 Å². The molecule has 3 aromatic rings. The molecule has 0 saturated carbocycles. The fraction of sp³-hybridized carbons (Fsp3) is 0.280. The van der Waals surface area contributed by atoms with E-state index in [1.54, 1.807) is 24.3 Å². The highest BCUT2D eigenvalue weighted by Crippen LogP contribution is 2.18. The summed E-state index contributed by atoms with van der Waals surface area (Å²) in [6, 6.07) is 10.4. The van der Waals surface area contributed by atoms with Crippen LogP contribution < -0.4 is 10.9 Å². The lowest BCUT2D eigenvalue weighted by Crippen LogP contribution is -2.29. The highest BCUT2D eigenvalue weighted by molar-refractivity contribution is 6.04. The summed E-state index contributed by atoms with van der Waals surface area (Å²) in [5.41, 5.74) is -0.320. The Hall–Kier alpha value is -4.54. The average molecular weight is 495 g/mol. The molecular formula is C25H25N3O8. The average Bonchev–Trinajstić information content (AvgIpc) is 2.87. The molecule has 0 aliphatic rings. The Morgan fingerprint density at radius 2 is 1.50 bits per heavy atom. The summed E-state index contributed by atoms with van der Waals surface area (Å²) in [6.45, 7) is 3.43. The van der Waals surface area contributed by atoms with E-state index in [0.29, 0.717) is 17.3 Å². The van der Waals surface area contributed by atoms with Crippen molar-refractivity contribution in [2.75, 3.05) is 26.1 Å². The van der Waals surface area contributed by atoms with E-state index in [1.807, 2.05) is 13.8 Å². The molecule has 11 nitrogen and oxygen atoms in total. The lowest BCUT2D eigenvalue weighted by atomic mass is 10.1. The molecule has 11 heteroatoms. The van der Waals surface area contributed by atoms with Crippen molar-refractivity contribution >= 4 is 40.3 Å². The first kappa shape index (κ1) is 26.1. The molecule has 1 aromatic heterocycles. The van der Waals surface area contributed by atoms with Crippen LogP contribution in [0.3, 0.4) is 0 Å². The number of nitrogens with one attached hydrogen (secondary N) is 1. The Morgan fingerprint density at radius 1 is 0.917 bits per heavy atom. The molecule has 0 radical (unpaired) electrons. The number of nitrogens with zero attached hydrogens (tertiary/aromatic N) is 2. The van der Waals surface area contributed by atoms with Gasteiger partial charge >= 0.3 is 17.9 Å². The van der Waals surface area contributed by atoms with Crippen molar-refractivity contribution < 1.29 is 33.4 Å². The molecule has 1 N–H and O–H groups in total. The number of carbonyl (C=O) groups is 4. The highest BCUT2D eigenvalue weighted by atomic mass is 16.5. The second-order valence-corrected chi connectivity index (χ2v) is 8.18. The minimum Gasteiger partial charge on any atom is -0.465 e. The fourth-order valence-electron chi connectivity index (χ4n) is 3.42. The van der Waals surface area contributed by atoms with Crippen LogP contribution in [0.25, 0.3) is 10.8 Å². The minimum absolute atomic E-state index is 0.00998. The number of amides is 1. The quantitative estimate of drug-likeness (QED) is 0.368. The number of rotatable bonds is 8. The van der Waals surface area contributed by atoms with Gasteiger partial charge in [0, 0.05) is 17.6 Å². The first-order valence-corrected chi connectivity index (χ1v) is 10.9. The summed E-state index contributed by atoms with van der Waals surface area (Å²) in [5, 5.41) is 7.25. The van der Waals surface area contributed by atoms with Gasteiger partial charge in [-0.3, -0.25) is 9.59 Å². The first-order chi connectivity index (χ1) is 17.1. The van der Waals surface area contributed by atoms with Crippen LogP contribution in [0.4, 0.5) is 5.69 Å². The molecule has 36 heavy (non-hydrogen) atoms. The maximum Gasteiger partial charge on any atom is 0.359 e. The second-order valence-electron chi connectivity index (χ2n) is 8.18. The number of anilines is 1. The van der Waals surface area contributed by atoms with Gasteiger partial charge in [0.05, 0.1) is 30.7 Å². The molecule has 0 fully saturated rings. The molecule has 0 spiro atoms. The monoisotopic (exact) mass is 495 g/mol. The van der Waals surface area contributed by atoms with Crippen molar-refractivity contribution in [2.24, 2.45) is 5.92 Å². The van der Waals surface area contributed by atoms with Gasteiger partial charge in [0.25, 0.3) is 11.5 Å². The van der Waals surface area contributed by atoms with E-state index in [1.165, 1.54) is 37.1 Å². The zero-order chi connectivity index (χ0) is 26.4. The number of carbonyl (C=O) groups excluding carboxylic acids is 4. The number of hydrogen-bond acceptors (Lipinski definition) is 9. The summed E-state index contributed by atoms with van der Waals surface area (Å²) in [6.07, 6.45) is 0. The molecule has 0 unspecified atom stereocenters. The molecule has 0 saturated heterocycles. The van der Waals surface area contributed by atoms with Gasteiger partial charge in [-0.1, -0.05) is 32.0 Å². The summed E-state index contributed by atoms with van der Waals surface area (Å²) in [5.74, 6) is -2.98. The summed E-state index contributed by atoms with van der Waals surface area (Å²) < 4.78 is 15.7. The van der Waals surface area contributed by atoms with Crippen molar-refractivity contribution in [1.29, 1.82) is 0 Å². The van der Waals surface area contributed by atoms with Gasteiger partial charge in [0.1, 0.15) is 0 Å². The molecule has 2 aromatic carbocycles. The predicted molar refractivity (Wildman–Crippen MR) is 129 cm³/mol. The molecule has 3 rings (SSSR count). The third-order valence-electron chi connectivity index (χ3n) is 4.99. The Balaban J connectivity index is 1.81. The molecule has 188 valence electrons. The maximum atomic E-state index is 12.8. The third-order valence-corrected chi connectivity index (χ3v) is 4.99. The third kappa shape index (κ3) is 5.93. The van der Waals surface area contributed by atoms with Crippen molar-refractivity contribution in [3.05, 3.63) is 69.6 Å². The molecule has 0 aliphatic heterocycles.